The molecule has 0 amide bonds. The monoisotopic (exact) mass is 223 g/mol. The van der Waals surface area contributed by atoms with Gasteiger partial charge in [-0.2, -0.15) is 0 Å². The summed E-state index contributed by atoms with van der Waals surface area (Å²) >= 11 is 4.88. The standard InChI is InChI=1S/C5H6BrNO2S/c6-4-2-3(5(7)10-4)9-1-8-2/h3,5H,1,7H2. The van der Waals surface area contributed by atoms with E-state index in [9.17, 15) is 0 Å². The summed E-state index contributed by atoms with van der Waals surface area (Å²) in [6, 6.07) is 0. The van der Waals surface area contributed by atoms with Gasteiger partial charge in [-0.15, -0.1) is 0 Å². The minimum Gasteiger partial charge on any atom is -0.467 e. The number of fused-ring (bicyclic) bond motifs is 1. The first kappa shape index (κ1) is 6.97. The third kappa shape index (κ3) is 0.887. The van der Waals surface area contributed by atoms with Crippen molar-refractivity contribution < 1.29 is 9.47 Å². The maximum Gasteiger partial charge on any atom is 0.189 e. The summed E-state index contributed by atoms with van der Waals surface area (Å²) < 4.78 is 11.3. The van der Waals surface area contributed by atoms with Crippen molar-refractivity contribution in [3.63, 3.8) is 0 Å². The molecule has 0 saturated carbocycles. The molecule has 0 aliphatic carbocycles. The third-order valence-electron chi connectivity index (χ3n) is 1.45. The Hall–Kier alpha value is 0.290. The van der Waals surface area contributed by atoms with Gasteiger partial charge in [-0.3, -0.25) is 0 Å². The first-order chi connectivity index (χ1) is 4.79. The van der Waals surface area contributed by atoms with Crippen molar-refractivity contribution in [2.24, 2.45) is 5.73 Å². The lowest BCUT2D eigenvalue weighted by atomic mass is 10.3. The highest BCUT2D eigenvalue weighted by molar-refractivity contribution is 9.14. The Labute approximate surface area is 71.1 Å². The van der Waals surface area contributed by atoms with Crippen LogP contribution in [0, 0.1) is 0 Å². The van der Waals surface area contributed by atoms with Crippen LogP contribution < -0.4 is 5.73 Å². The number of hydrogen-bond donors (Lipinski definition) is 1. The number of halogens is 1. The van der Waals surface area contributed by atoms with Crippen molar-refractivity contribution in [2.75, 3.05) is 6.79 Å². The van der Waals surface area contributed by atoms with E-state index in [-0.39, 0.29) is 11.5 Å². The van der Waals surface area contributed by atoms with E-state index in [2.05, 4.69) is 15.9 Å². The topological polar surface area (TPSA) is 44.5 Å². The summed E-state index contributed by atoms with van der Waals surface area (Å²) in [5.41, 5.74) is 5.70. The Kier molecular flexibility index (Phi) is 1.68. The molecule has 0 aromatic carbocycles. The third-order valence-corrected chi connectivity index (χ3v) is 3.33. The minimum atomic E-state index is -0.0284. The fourth-order valence-corrected chi connectivity index (χ4v) is 2.82. The number of thioether (sulfide) groups is 1. The minimum absolute atomic E-state index is 0.00752. The predicted octanol–water partition coefficient (Wildman–Crippen LogP) is 0.955. The fraction of sp³-hybridized carbons (Fsp3) is 0.600. The molecule has 0 spiro atoms. The highest BCUT2D eigenvalue weighted by Crippen LogP contribution is 2.43. The molecular formula is C5H6BrNO2S. The first-order valence-corrected chi connectivity index (χ1v) is 4.52. The lowest BCUT2D eigenvalue weighted by Crippen LogP contribution is -2.28. The molecule has 2 rings (SSSR count). The summed E-state index contributed by atoms with van der Waals surface area (Å²) in [4.78, 5) is 0. The van der Waals surface area contributed by atoms with Gasteiger partial charge in [0.05, 0.1) is 9.19 Å². The van der Waals surface area contributed by atoms with Crippen LogP contribution in [0.5, 0.6) is 0 Å². The molecule has 0 aromatic rings. The number of hydrogen-bond acceptors (Lipinski definition) is 4. The molecular weight excluding hydrogens is 218 g/mol. The summed E-state index contributed by atoms with van der Waals surface area (Å²) in [6.07, 6.45) is -0.0284. The van der Waals surface area contributed by atoms with Crippen LogP contribution in [-0.2, 0) is 9.47 Å². The molecule has 0 bridgehead atoms. The van der Waals surface area contributed by atoms with Crippen LogP contribution in [0.4, 0.5) is 0 Å². The normalized spacial score (nSPS) is 38.2. The zero-order valence-electron chi connectivity index (χ0n) is 5.04. The summed E-state index contributed by atoms with van der Waals surface area (Å²) in [5, 5.41) is -0.00752. The average molecular weight is 224 g/mol. The van der Waals surface area contributed by atoms with E-state index >= 15 is 0 Å². The summed E-state index contributed by atoms with van der Waals surface area (Å²) in [6.45, 7) is 0.337. The molecule has 5 heteroatoms. The molecule has 56 valence electrons. The molecule has 2 aliphatic heterocycles. The molecule has 0 aromatic heterocycles. The van der Waals surface area contributed by atoms with Crippen LogP contribution in [0.3, 0.4) is 0 Å². The largest absolute Gasteiger partial charge is 0.467 e. The Morgan fingerprint density at radius 3 is 3.20 bits per heavy atom. The van der Waals surface area contributed by atoms with Crippen molar-refractivity contribution in [1.82, 2.24) is 0 Å². The summed E-state index contributed by atoms with van der Waals surface area (Å²) in [5.74, 6) is 0.859. The SMILES string of the molecule is NC1SC(Br)=C2OCOC21. The van der Waals surface area contributed by atoms with Gasteiger partial charge >= 0.3 is 0 Å². The molecule has 2 N–H and O–H groups in total. The van der Waals surface area contributed by atoms with Gasteiger partial charge in [-0.25, -0.2) is 0 Å². The zero-order valence-corrected chi connectivity index (χ0v) is 7.44. The smallest absolute Gasteiger partial charge is 0.189 e. The molecule has 1 saturated heterocycles. The van der Waals surface area contributed by atoms with Gasteiger partial charge in [-0.1, -0.05) is 11.8 Å². The zero-order chi connectivity index (χ0) is 7.14. The molecule has 2 heterocycles. The van der Waals surface area contributed by atoms with Crippen LogP contribution in [0.15, 0.2) is 9.57 Å². The van der Waals surface area contributed by atoms with Gasteiger partial charge in [0.1, 0.15) is 6.10 Å². The highest BCUT2D eigenvalue weighted by Gasteiger charge is 2.38. The quantitative estimate of drug-likeness (QED) is 0.665. The van der Waals surface area contributed by atoms with Gasteiger partial charge in [-0.05, 0) is 15.9 Å². The second-order valence-corrected chi connectivity index (χ2v) is 4.58. The fourth-order valence-electron chi connectivity index (χ4n) is 0.981. The van der Waals surface area contributed by atoms with Crippen molar-refractivity contribution in [1.29, 1.82) is 0 Å². The molecule has 10 heavy (non-hydrogen) atoms. The Morgan fingerprint density at radius 2 is 2.50 bits per heavy atom. The van der Waals surface area contributed by atoms with Gasteiger partial charge in [0.2, 0.25) is 0 Å². The van der Waals surface area contributed by atoms with Crippen molar-refractivity contribution in [2.45, 2.75) is 11.5 Å². The predicted molar refractivity (Wildman–Crippen MR) is 42.3 cm³/mol. The molecule has 2 atom stereocenters. The maximum atomic E-state index is 5.70. The first-order valence-electron chi connectivity index (χ1n) is 2.85. The van der Waals surface area contributed by atoms with E-state index in [1.165, 1.54) is 11.8 Å². The lowest BCUT2D eigenvalue weighted by molar-refractivity contribution is 0.0491. The highest BCUT2D eigenvalue weighted by atomic mass is 79.9. The van der Waals surface area contributed by atoms with Crippen LogP contribution in [0.1, 0.15) is 0 Å². The van der Waals surface area contributed by atoms with Crippen LogP contribution in [-0.4, -0.2) is 18.3 Å². The van der Waals surface area contributed by atoms with Crippen LogP contribution in [0.2, 0.25) is 0 Å². The van der Waals surface area contributed by atoms with Crippen molar-refractivity contribution in [3.8, 4) is 0 Å². The molecule has 1 fully saturated rings. The van der Waals surface area contributed by atoms with Crippen LogP contribution >= 0.6 is 27.7 Å². The number of ether oxygens (including phenoxy) is 2. The Bertz CT molecular complexity index is 196. The summed E-state index contributed by atoms with van der Waals surface area (Å²) in [7, 11) is 0. The van der Waals surface area contributed by atoms with E-state index in [0.29, 0.717) is 6.79 Å². The number of rotatable bonds is 0. The van der Waals surface area contributed by atoms with E-state index in [4.69, 9.17) is 15.2 Å². The molecule has 2 unspecified atom stereocenters. The second kappa shape index (κ2) is 2.41. The van der Waals surface area contributed by atoms with E-state index in [0.717, 1.165) is 9.57 Å². The Morgan fingerprint density at radius 1 is 1.70 bits per heavy atom. The van der Waals surface area contributed by atoms with Gasteiger partial charge in [0.25, 0.3) is 0 Å². The van der Waals surface area contributed by atoms with E-state index < -0.39 is 0 Å². The average Bonchev–Trinajstić information content (AvgIpc) is 2.39. The van der Waals surface area contributed by atoms with Crippen molar-refractivity contribution in [3.05, 3.63) is 9.57 Å². The molecule has 2 aliphatic rings. The lowest BCUT2D eigenvalue weighted by Gasteiger charge is -2.06. The van der Waals surface area contributed by atoms with Gasteiger partial charge < -0.3 is 15.2 Å². The maximum absolute atomic E-state index is 5.70. The van der Waals surface area contributed by atoms with Crippen LogP contribution in [0.25, 0.3) is 0 Å². The van der Waals surface area contributed by atoms with Crippen molar-refractivity contribution >= 4 is 27.7 Å². The second-order valence-electron chi connectivity index (χ2n) is 2.07. The number of nitrogens with two attached hydrogens (primary N) is 1. The van der Waals surface area contributed by atoms with E-state index in [1.54, 1.807) is 0 Å². The van der Waals surface area contributed by atoms with Gasteiger partial charge in [0, 0.05) is 0 Å². The Balaban J connectivity index is 2.27. The molecule has 0 radical (unpaired) electrons. The molecule has 3 nitrogen and oxygen atoms in total. The van der Waals surface area contributed by atoms with Gasteiger partial charge in [0.15, 0.2) is 12.6 Å². The van der Waals surface area contributed by atoms with E-state index in [1.807, 2.05) is 0 Å².